The number of nitrogens with zero attached hydrogens (tertiary/aromatic N) is 4. The van der Waals surface area contributed by atoms with E-state index in [9.17, 15) is 20.2 Å². The number of thioether (sulfide) groups is 1. The number of allylic oxidation sites excluding steroid dienone is 1. The number of carbonyl (C=O) groups excluding carboxylic acids is 1. The molecular formula is C22H20N4O3S. The largest absolute Gasteiger partial charge is 0.344 e. The third-order valence-corrected chi connectivity index (χ3v) is 6.81. The van der Waals surface area contributed by atoms with Crippen LogP contribution in [0.1, 0.15) is 29.0 Å². The van der Waals surface area contributed by atoms with E-state index < -0.39 is 4.92 Å². The zero-order valence-corrected chi connectivity index (χ0v) is 17.5. The van der Waals surface area contributed by atoms with Gasteiger partial charge in [0.2, 0.25) is 5.91 Å². The third kappa shape index (κ3) is 3.53. The van der Waals surface area contributed by atoms with Crippen molar-refractivity contribution < 1.29 is 9.72 Å². The number of benzene rings is 2. The summed E-state index contributed by atoms with van der Waals surface area (Å²) in [5.41, 5.74) is 4.75. The number of hydrogen-bond donors (Lipinski definition) is 0. The fraction of sp³-hybridized carbons (Fsp3) is 0.273. The Kier molecular flexibility index (Phi) is 5.22. The minimum absolute atomic E-state index is 0.00949. The van der Waals surface area contributed by atoms with Crippen LogP contribution in [0, 0.1) is 35.3 Å². The molecule has 1 saturated heterocycles. The van der Waals surface area contributed by atoms with Gasteiger partial charge < -0.3 is 4.90 Å². The minimum Gasteiger partial charge on any atom is -0.344 e. The lowest BCUT2D eigenvalue weighted by Crippen LogP contribution is -2.47. The Morgan fingerprint density at radius 3 is 2.53 bits per heavy atom. The zero-order chi connectivity index (χ0) is 21.4. The van der Waals surface area contributed by atoms with Crippen LogP contribution in [-0.4, -0.2) is 28.3 Å². The van der Waals surface area contributed by atoms with Crippen LogP contribution in [0.3, 0.4) is 0 Å². The van der Waals surface area contributed by atoms with E-state index in [1.807, 2.05) is 0 Å². The number of nitriles is 1. The summed E-state index contributed by atoms with van der Waals surface area (Å²) < 4.78 is 0. The van der Waals surface area contributed by atoms with Crippen LogP contribution in [0.25, 0.3) is 0 Å². The van der Waals surface area contributed by atoms with Crippen LogP contribution >= 0.6 is 11.8 Å². The number of rotatable bonds is 3. The molecule has 0 aliphatic carbocycles. The number of anilines is 1. The number of hydrogen-bond acceptors (Lipinski definition) is 6. The van der Waals surface area contributed by atoms with Gasteiger partial charge in [-0.15, -0.1) is 0 Å². The highest BCUT2D eigenvalue weighted by molar-refractivity contribution is 8.03. The van der Waals surface area contributed by atoms with E-state index >= 15 is 0 Å². The molecule has 30 heavy (non-hydrogen) atoms. The molecule has 0 aromatic heterocycles. The highest BCUT2D eigenvalue weighted by atomic mass is 32.2. The average Bonchev–Trinajstić information content (AvgIpc) is 2.75. The van der Waals surface area contributed by atoms with Crippen molar-refractivity contribution in [1.29, 1.82) is 5.26 Å². The number of carbonyl (C=O) groups is 1. The van der Waals surface area contributed by atoms with E-state index in [2.05, 4.69) is 43.0 Å². The summed E-state index contributed by atoms with van der Waals surface area (Å²) in [5.74, 6) is 0.211. The third-order valence-electron chi connectivity index (χ3n) is 5.66. The van der Waals surface area contributed by atoms with Crippen molar-refractivity contribution in [2.75, 3.05) is 17.4 Å². The molecule has 2 aromatic rings. The van der Waals surface area contributed by atoms with Gasteiger partial charge in [-0.2, -0.15) is 5.26 Å². The van der Waals surface area contributed by atoms with Crippen LogP contribution in [-0.2, 0) is 4.79 Å². The molecule has 0 N–H and O–H groups in total. The summed E-state index contributed by atoms with van der Waals surface area (Å²) >= 11 is 1.48. The smallest absolute Gasteiger partial charge is 0.269 e. The molecular weight excluding hydrogens is 400 g/mol. The molecule has 0 saturated carbocycles. The number of amides is 1. The van der Waals surface area contributed by atoms with Gasteiger partial charge in [-0.3, -0.25) is 19.8 Å². The molecule has 8 heteroatoms. The van der Waals surface area contributed by atoms with Crippen LogP contribution in [0.4, 0.5) is 11.4 Å². The van der Waals surface area contributed by atoms with E-state index in [-0.39, 0.29) is 23.9 Å². The Hall–Kier alpha value is -3.31. The summed E-state index contributed by atoms with van der Waals surface area (Å²) in [6.07, 6.45) is 0.172. The van der Waals surface area contributed by atoms with E-state index in [0.717, 1.165) is 11.3 Å². The Morgan fingerprint density at radius 2 is 1.90 bits per heavy atom. The molecule has 2 heterocycles. The summed E-state index contributed by atoms with van der Waals surface area (Å²) in [5, 5.41) is 21.5. The van der Waals surface area contributed by atoms with Gasteiger partial charge >= 0.3 is 0 Å². The van der Waals surface area contributed by atoms with E-state index in [4.69, 9.17) is 0 Å². The van der Waals surface area contributed by atoms with Gasteiger partial charge in [0.05, 0.1) is 34.1 Å². The highest BCUT2D eigenvalue weighted by Gasteiger charge is 2.38. The minimum atomic E-state index is -0.459. The topological polar surface area (TPSA) is 90.5 Å². The summed E-state index contributed by atoms with van der Waals surface area (Å²) in [7, 11) is 0. The normalized spacial score (nSPS) is 18.8. The predicted molar refractivity (Wildman–Crippen MR) is 116 cm³/mol. The van der Waals surface area contributed by atoms with Gasteiger partial charge in [-0.25, -0.2) is 0 Å². The maximum Gasteiger partial charge on any atom is 0.269 e. The second kappa shape index (κ2) is 7.84. The van der Waals surface area contributed by atoms with Crippen molar-refractivity contribution in [2.45, 2.75) is 26.2 Å². The first-order valence-electron chi connectivity index (χ1n) is 9.53. The van der Waals surface area contributed by atoms with Crippen molar-refractivity contribution in [3.8, 4) is 6.07 Å². The number of aryl methyl sites for hydroxylation is 2. The molecule has 1 fully saturated rings. The SMILES string of the molecule is Cc1ccc(N2CSC3=C(C#N)C(c4ccc([N+](=O)[O-])cc4)CC(=O)N3C2)cc1C. The lowest BCUT2D eigenvalue weighted by molar-refractivity contribution is -0.384. The summed E-state index contributed by atoms with van der Waals surface area (Å²) in [6, 6.07) is 14.6. The van der Waals surface area contributed by atoms with E-state index in [0.29, 0.717) is 23.1 Å². The molecule has 2 aliphatic rings. The fourth-order valence-corrected chi connectivity index (χ4v) is 4.93. The molecule has 0 radical (unpaired) electrons. The van der Waals surface area contributed by atoms with E-state index in [1.54, 1.807) is 17.0 Å². The van der Waals surface area contributed by atoms with E-state index in [1.165, 1.54) is 35.0 Å². The number of fused-ring (bicyclic) bond motifs is 1. The number of non-ortho nitro benzene ring substituents is 1. The quantitative estimate of drug-likeness (QED) is 0.539. The Balaban J connectivity index is 1.64. The Bertz CT molecular complexity index is 1100. The Labute approximate surface area is 178 Å². The first-order valence-corrected chi connectivity index (χ1v) is 10.5. The first-order chi connectivity index (χ1) is 14.4. The molecule has 1 atom stereocenters. The van der Waals surface area contributed by atoms with Crippen LogP contribution in [0.5, 0.6) is 0 Å². The molecule has 7 nitrogen and oxygen atoms in total. The van der Waals surface area contributed by atoms with Crippen LogP contribution in [0.15, 0.2) is 53.1 Å². The monoisotopic (exact) mass is 420 g/mol. The van der Waals surface area contributed by atoms with Crippen LogP contribution < -0.4 is 4.90 Å². The molecule has 152 valence electrons. The number of nitro benzene ring substituents is 1. The molecule has 1 amide bonds. The van der Waals surface area contributed by atoms with Crippen LogP contribution in [0.2, 0.25) is 0 Å². The first kappa shape index (κ1) is 20.0. The van der Waals surface area contributed by atoms with Gasteiger partial charge in [0.25, 0.3) is 5.69 Å². The van der Waals surface area contributed by atoms with Gasteiger partial charge in [0.15, 0.2) is 0 Å². The van der Waals surface area contributed by atoms with Crippen molar-refractivity contribution in [1.82, 2.24) is 4.90 Å². The van der Waals surface area contributed by atoms with Gasteiger partial charge in [0, 0.05) is 30.2 Å². The molecule has 0 spiro atoms. The van der Waals surface area contributed by atoms with Gasteiger partial charge in [0.1, 0.15) is 0 Å². The molecule has 4 rings (SSSR count). The van der Waals surface area contributed by atoms with Crippen molar-refractivity contribution >= 4 is 29.0 Å². The van der Waals surface area contributed by atoms with Crippen molar-refractivity contribution in [2.24, 2.45) is 0 Å². The predicted octanol–water partition coefficient (Wildman–Crippen LogP) is 4.43. The van der Waals surface area contributed by atoms with Crippen molar-refractivity contribution in [3.05, 3.63) is 79.9 Å². The lowest BCUT2D eigenvalue weighted by Gasteiger charge is -2.42. The average molecular weight is 420 g/mol. The number of nitro groups is 1. The van der Waals surface area contributed by atoms with Crippen molar-refractivity contribution in [3.63, 3.8) is 0 Å². The fourth-order valence-electron chi connectivity index (χ4n) is 3.76. The molecule has 0 bridgehead atoms. The second-order valence-corrected chi connectivity index (χ2v) is 8.41. The maximum atomic E-state index is 13.0. The Morgan fingerprint density at radius 1 is 1.17 bits per heavy atom. The highest BCUT2D eigenvalue weighted by Crippen LogP contribution is 2.43. The molecule has 2 aliphatic heterocycles. The lowest BCUT2D eigenvalue weighted by atomic mass is 9.86. The standard InChI is InChI=1S/C22H20N4O3S/c1-14-3-6-18(9-15(14)2)24-12-25-21(27)10-19(20(11-23)22(25)30-13-24)16-4-7-17(8-5-16)26(28)29/h3-9,19H,10,12-13H2,1-2H3. The van der Waals surface area contributed by atoms with Gasteiger partial charge in [-0.05, 0) is 42.7 Å². The van der Waals surface area contributed by atoms with Gasteiger partial charge in [-0.1, -0.05) is 30.0 Å². The zero-order valence-electron chi connectivity index (χ0n) is 16.7. The molecule has 2 aromatic carbocycles. The molecule has 1 unspecified atom stereocenters. The second-order valence-electron chi connectivity index (χ2n) is 7.48. The summed E-state index contributed by atoms with van der Waals surface area (Å²) in [6.45, 7) is 4.54. The summed E-state index contributed by atoms with van der Waals surface area (Å²) in [4.78, 5) is 27.2. The maximum absolute atomic E-state index is 13.0.